The summed E-state index contributed by atoms with van der Waals surface area (Å²) in [6, 6.07) is 12.5. The second kappa shape index (κ2) is 6.22. The summed E-state index contributed by atoms with van der Waals surface area (Å²) in [5, 5.41) is 0.839. The van der Waals surface area contributed by atoms with Gasteiger partial charge in [-0.05, 0) is 49.2 Å². The van der Waals surface area contributed by atoms with E-state index in [4.69, 9.17) is 9.40 Å². The van der Waals surface area contributed by atoms with Gasteiger partial charge in [0.05, 0.1) is 11.1 Å². The van der Waals surface area contributed by atoms with Crippen LogP contribution >= 0.6 is 0 Å². The molecular weight excluding hydrogens is 367 g/mol. The third kappa shape index (κ3) is 2.78. The Hall–Kier alpha value is -3.09. The fraction of sp³-hybridized carbons (Fsp3) is 0.238. The van der Waals surface area contributed by atoms with Crippen molar-refractivity contribution in [2.45, 2.75) is 19.0 Å². The summed E-state index contributed by atoms with van der Waals surface area (Å²) in [5.41, 5.74) is 1.88. The number of fused-ring (bicyclic) bond motifs is 3. The van der Waals surface area contributed by atoms with Gasteiger partial charge in [0.1, 0.15) is 0 Å². The molecule has 0 unspecified atom stereocenters. The first-order valence-corrected chi connectivity index (χ1v) is 9.12. The van der Waals surface area contributed by atoms with Gasteiger partial charge in [-0.15, -0.1) is 0 Å². The summed E-state index contributed by atoms with van der Waals surface area (Å²) >= 11 is 0. The molecule has 142 valence electrons. The van der Waals surface area contributed by atoms with Crippen LogP contribution in [0.1, 0.15) is 18.4 Å². The van der Waals surface area contributed by atoms with E-state index in [1.54, 1.807) is 0 Å². The van der Waals surface area contributed by atoms with Crippen LogP contribution in [0.4, 0.5) is 19.0 Å². The number of aromatic nitrogens is 2. The van der Waals surface area contributed by atoms with Crippen LogP contribution in [0, 0.1) is 0 Å². The minimum atomic E-state index is -4.37. The van der Waals surface area contributed by atoms with Crippen LogP contribution in [0.3, 0.4) is 0 Å². The van der Waals surface area contributed by atoms with Gasteiger partial charge in [0.25, 0.3) is 0 Å². The lowest BCUT2D eigenvalue weighted by molar-refractivity contribution is -0.137. The molecule has 1 aliphatic heterocycles. The number of anilines is 1. The van der Waals surface area contributed by atoms with Gasteiger partial charge in [0, 0.05) is 24.0 Å². The third-order valence-corrected chi connectivity index (χ3v) is 5.08. The van der Waals surface area contributed by atoms with E-state index in [1.807, 2.05) is 24.3 Å². The van der Waals surface area contributed by atoms with Crippen molar-refractivity contribution >= 4 is 27.8 Å². The molecule has 4 aromatic rings. The zero-order chi connectivity index (χ0) is 19.3. The number of halogens is 3. The number of nitrogens with zero attached hydrogens (tertiary/aromatic N) is 3. The first-order valence-electron chi connectivity index (χ1n) is 9.12. The number of benzene rings is 2. The van der Waals surface area contributed by atoms with Crippen LogP contribution in [0.15, 0.2) is 52.9 Å². The lowest BCUT2D eigenvalue weighted by Gasteiger charge is -2.16. The summed E-state index contributed by atoms with van der Waals surface area (Å²) in [7, 11) is 0. The number of alkyl halides is 3. The number of hydrogen-bond donors (Lipinski definition) is 0. The molecule has 0 saturated carbocycles. The van der Waals surface area contributed by atoms with Gasteiger partial charge < -0.3 is 9.32 Å². The van der Waals surface area contributed by atoms with Gasteiger partial charge in [-0.3, -0.25) is 0 Å². The quantitative estimate of drug-likeness (QED) is 0.448. The largest absolute Gasteiger partial charge is 0.435 e. The van der Waals surface area contributed by atoms with E-state index in [0.29, 0.717) is 22.6 Å². The zero-order valence-electron chi connectivity index (χ0n) is 14.8. The smallest absolute Gasteiger partial charge is 0.416 e. The van der Waals surface area contributed by atoms with Crippen LogP contribution in [0.2, 0.25) is 0 Å². The average Bonchev–Trinajstić information content (AvgIpc) is 3.37. The van der Waals surface area contributed by atoms with Crippen LogP contribution in [-0.2, 0) is 6.18 Å². The Morgan fingerprint density at radius 3 is 2.32 bits per heavy atom. The van der Waals surface area contributed by atoms with E-state index >= 15 is 0 Å². The Kier molecular flexibility index (Phi) is 3.79. The van der Waals surface area contributed by atoms with Gasteiger partial charge in [0.2, 0.25) is 5.89 Å². The molecule has 1 saturated heterocycles. The second-order valence-corrected chi connectivity index (χ2v) is 6.92. The number of para-hydroxylation sites is 1. The Morgan fingerprint density at radius 1 is 0.893 bits per heavy atom. The molecule has 0 spiro atoms. The van der Waals surface area contributed by atoms with Gasteiger partial charge >= 0.3 is 6.18 Å². The molecule has 0 radical (unpaired) electrons. The van der Waals surface area contributed by atoms with E-state index in [9.17, 15) is 13.2 Å². The maximum atomic E-state index is 12.8. The lowest BCUT2D eigenvalue weighted by Crippen LogP contribution is -2.19. The van der Waals surface area contributed by atoms with E-state index < -0.39 is 11.7 Å². The summed E-state index contributed by atoms with van der Waals surface area (Å²) in [4.78, 5) is 11.6. The van der Waals surface area contributed by atoms with Crippen LogP contribution in [0.5, 0.6) is 0 Å². The minimum absolute atomic E-state index is 0.294. The molecule has 0 N–H and O–H groups in total. The fourth-order valence-corrected chi connectivity index (χ4v) is 3.66. The van der Waals surface area contributed by atoms with Crippen LogP contribution in [0.25, 0.3) is 33.5 Å². The zero-order valence-corrected chi connectivity index (χ0v) is 14.8. The van der Waals surface area contributed by atoms with Crippen molar-refractivity contribution in [3.63, 3.8) is 0 Å². The van der Waals surface area contributed by atoms with Crippen molar-refractivity contribution in [2.75, 3.05) is 18.0 Å². The average molecular weight is 383 g/mol. The third-order valence-electron chi connectivity index (χ3n) is 5.08. The highest BCUT2D eigenvalue weighted by Crippen LogP contribution is 2.36. The second-order valence-electron chi connectivity index (χ2n) is 6.92. The summed E-state index contributed by atoms with van der Waals surface area (Å²) < 4.78 is 44.5. The van der Waals surface area contributed by atoms with E-state index in [1.165, 1.54) is 12.1 Å². The molecule has 0 aliphatic carbocycles. The molecular formula is C21H16F3N3O. The topological polar surface area (TPSA) is 42.2 Å². The molecule has 4 nitrogen and oxygen atoms in total. The summed E-state index contributed by atoms with van der Waals surface area (Å²) in [5.74, 6) is 1.07. The molecule has 2 aromatic heterocycles. The molecule has 0 atom stereocenters. The van der Waals surface area contributed by atoms with Crippen molar-refractivity contribution in [3.8, 4) is 11.5 Å². The van der Waals surface area contributed by atoms with Gasteiger partial charge in [-0.1, -0.05) is 12.1 Å². The Morgan fingerprint density at radius 2 is 1.61 bits per heavy atom. The van der Waals surface area contributed by atoms with Gasteiger partial charge in [-0.2, -0.15) is 13.2 Å². The normalized spacial score (nSPS) is 15.0. The first kappa shape index (κ1) is 17.0. The minimum Gasteiger partial charge on any atom is -0.435 e. The molecule has 7 heteroatoms. The maximum Gasteiger partial charge on any atom is 0.416 e. The molecule has 5 rings (SSSR count). The van der Waals surface area contributed by atoms with Crippen molar-refractivity contribution in [1.82, 2.24) is 9.97 Å². The predicted octanol–water partition coefficient (Wildman–Crippen LogP) is 5.66. The fourth-order valence-electron chi connectivity index (χ4n) is 3.66. The number of hydrogen-bond acceptors (Lipinski definition) is 4. The standard InChI is InChI=1S/C21H16F3N3O/c22-21(23,24)14-9-7-13(8-10-14)20-26-17-18(28-20)15-5-1-2-6-16(15)25-19(17)27-11-3-4-12-27/h1-2,5-10H,3-4,11-12H2. The molecule has 2 aromatic carbocycles. The predicted molar refractivity (Wildman–Crippen MR) is 101 cm³/mol. The molecule has 28 heavy (non-hydrogen) atoms. The van der Waals surface area contributed by atoms with Crippen molar-refractivity contribution in [1.29, 1.82) is 0 Å². The highest BCUT2D eigenvalue weighted by Gasteiger charge is 2.30. The number of pyridine rings is 1. The van der Waals surface area contributed by atoms with Crippen molar-refractivity contribution in [2.24, 2.45) is 0 Å². The van der Waals surface area contributed by atoms with E-state index in [0.717, 1.165) is 54.8 Å². The Labute approximate surface area is 158 Å². The Bertz CT molecular complexity index is 1160. The monoisotopic (exact) mass is 383 g/mol. The van der Waals surface area contributed by atoms with Crippen molar-refractivity contribution < 1.29 is 17.6 Å². The first-order chi connectivity index (χ1) is 13.5. The van der Waals surface area contributed by atoms with Gasteiger partial charge in [0.15, 0.2) is 16.9 Å². The highest BCUT2D eigenvalue weighted by atomic mass is 19.4. The molecule has 3 heterocycles. The van der Waals surface area contributed by atoms with Crippen LogP contribution in [-0.4, -0.2) is 23.1 Å². The van der Waals surface area contributed by atoms with Crippen molar-refractivity contribution in [3.05, 3.63) is 54.1 Å². The molecule has 0 amide bonds. The maximum absolute atomic E-state index is 12.8. The summed E-state index contributed by atoms with van der Waals surface area (Å²) in [6.07, 6.45) is -2.18. The summed E-state index contributed by atoms with van der Waals surface area (Å²) in [6.45, 7) is 1.81. The van der Waals surface area contributed by atoms with E-state index in [-0.39, 0.29) is 0 Å². The van der Waals surface area contributed by atoms with E-state index in [2.05, 4.69) is 9.88 Å². The molecule has 1 fully saturated rings. The van der Waals surface area contributed by atoms with Gasteiger partial charge in [-0.25, -0.2) is 9.97 Å². The lowest BCUT2D eigenvalue weighted by atomic mass is 10.1. The van der Waals surface area contributed by atoms with Crippen LogP contribution < -0.4 is 4.90 Å². The number of rotatable bonds is 2. The highest BCUT2D eigenvalue weighted by molar-refractivity contribution is 6.06. The Balaban J connectivity index is 1.69. The SMILES string of the molecule is FC(F)(F)c1ccc(-c2nc3c(N4CCCC4)nc4ccccc4c3o2)cc1. The number of oxazole rings is 1. The molecule has 1 aliphatic rings. The molecule has 0 bridgehead atoms.